The molecule has 0 spiro atoms. The van der Waals surface area contributed by atoms with Crippen molar-refractivity contribution in [1.29, 1.82) is 0 Å². The average Bonchev–Trinajstić information content (AvgIpc) is 3.25. The standard InChI is InChI=1S/C41H51FN8O7/c1-8-57-33-19-25(9-10-30(33)42)24-48-17-13-27(14-18-48)50(41-45-32-23-37(54-5)35(52-3)21-29(32)39(47-41)56-7)49(26-11-15-43-16-12-26)40-44-31-22-36(53-4)34(51-2)20-28(31)38(46-40)55-6/h9-10,19-23,26-27,43H,8,11-18,24H2,1-7H3. The lowest BCUT2D eigenvalue weighted by atomic mass is 10.0. The zero-order chi connectivity index (χ0) is 40.1. The molecule has 2 aromatic heterocycles. The van der Waals surface area contributed by atoms with Gasteiger partial charge in [0, 0.05) is 31.8 Å². The Morgan fingerprint density at radius 2 is 1.12 bits per heavy atom. The molecule has 2 aliphatic rings. The molecule has 5 aromatic rings. The van der Waals surface area contributed by atoms with Gasteiger partial charge < -0.3 is 38.5 Å². The Morgan fingerprint density at radius 3 is 1.60 bits per heavy atom. The molecule has 0 amide bonds. The highest BCUT2D eigenvalue weighted by Crippen LogP contribution is 2.40. The van der Waals surface area contributed by atoms with Crippen molar-refractivity contribution < 1.29 is 37.5 Å². The van der Waals surface area contributed by atoms with Crippen LogP contribution in [0.3, 0.4) is 0 Å². The van der Waals surface area contributed by atoms with Crippen molar-refractivity contribution in [2.45, 2.75) is 51.2 Å². The highest BCUT2D eigenvalue weighted by molar-refractivity contribution is 5.89. The van der Waals surface area contributed by atoms with E-state index < -0.39 is 0 Å². The lowest BCUT2D eigenvalue weighted by Gasteiger charge is -2.47. The minimum absolute atomic E-state index is 0.0292. The number of hydrogen-bond donors (Lipinski definition) is 1. The van der Waals surface area contributed by atoms with E-state index in [1.54, 1.807) is 48.7 Å². The maximum Gasteiger partial charge on any atom is 0.248 e. The number of aromatic nitrogens is 4. The summed E-state index contributed by atoms with van der Waals surface area (Å²) in [5.41, 5.74) is 2.24. The largest absolute Gasteiger partial charge is 0.493 e. The van der Waals surface area contributed by atoms with E-state index in [9.17, 15) is 4.39 Å². The van der Waals surface area contributed by atoms with E-state index in [0.29, 0.717) is 81.6 Å². The summed E-state index contributed by atoms with van der Waals surface area (Å²) in [6.07, 6.45) is 3.14. The van der Waals surface area contributed by atoms with Crippen LogP contribution in [0.15, 0.2) is 42.5 Å². The Labute approximate surface area is 331 Å². The molecule has 0 atom stereocenters. The molecule has 1 N–H and O–H groups in total. The SMILES string of the molecule is CCOc1cc(CN2CCC(N(c3nc(OC)c4cc(OC)c(OC)cc4n3)N(c3nc(OC)c4cc(OC)c(OC)cc4n3)C3CCNCC3)CC2)ccc1F. The quantitative estimate of drug-likeness (QED) is 0.128. The van der Waals surface area contributed by atoms with Crippen molar-refractivity contribution in [1.82, 2.24) is 30.2 Å². The van der Waals surface area contributed by atoms with Gasteiger partial charge in [-0.2, -0.15) is 9.97 Å². The lowest BCUT2D eigenvalue weighted by Crippen LogP contribution is -2.59. The molecule has 0 bridgehead atoms. The topological polar surface area (TPSA) is 138 Å². The van der Waals surface area contributed by atoms with Crippen LogP contribution < -0.4 is 48.5 Å². The van der Waals surface area contributed by atoms with E-state index in [2.05, 4.69) is 20.2 Å². The molecule has 4 heterocycles. The van der Waals surface area contributed by atoms with Crippen LogP contribution in [-0.2, 0) is 6.54 Å². The van der Waals surface area contributed by atoms with Crippen LogP contribution in [0.2, 0.25) is 0 Å². The van der Waals surface area contributed by atoms with Gasteiger partial charge in [-0.05, 0) is 75.5 Å². The van der Waals surface area contributed by atoms with Gasteiger partial charge in [0.25, 0.3) is 0 Å². The molecule has 0 unspecified atom stereocenters. The van der Waals surface area contributed by atoms with Crippen LogP contribution in [0.5, 0.6) is 40.5 Å². The summed E-state index contributed by atoms with van der Waals surface area (Å²) in [6.45, 7) is 6.04. The fourth-order valence-corrected chi connectivity index (χ4v) is 7.76. The van der Waals surface area contributed by atoms with E-state index in [0.717, 1.165) is 57.4 Å². The summed E-state index contributed by atoms with van der Waals surface area (Å²) >= 11 is 0. The number of ether oxygens (including phenoxy) is 7. The summed E-state index contributed by atoms with van der Waals surface area (Å²) in [4.78, 5) is 23.0. The summed E-state index contributed by atoms with van der Waals surface area (Å²) in [5.74, 6) is 3.71. The number of benzene rings is 3. The molecule has 0 saturated carbocycles. The van der Waals surface area contributed by atoms with E-state index in [1.165, 1.54) is 6.07 Å². The number of nitrogens with zero attached hydrogens (tertiary/aromatic N) is 7. The molecule has 3 aromatic carbocycles. The zero-order valence-electron chi connectivity index (χ0n) is 33.6. The van der Waals surface area contributed by atoms with Gasteiger partial charge >= 0.3 is 0 Å². The Bertz CT molecular complexity index is 2180. The van der Waals surface area contributed by atoms with Gasteiger partial charge in [0.15, 0.2) is 34.6 Å². The minimum atomic E-state index is -0.361. The third-order valence-corrected chi connectivity index (χ3v) is 10.6. The first-order chi connectivity index (χ1) is 27.8. The van der Waals surface area contributed by atoms with Crippen LogP contribution >= 0.6 is 0 Å². The number of methoxy groups -OCH3 is 6. The fourth-order valence-electron chi connectivity index (χ4n) is 7.76. The van der Waals surface area contributed by atoms with Gasteiger partial charge in [-0.1, -0.05) is 6.07 Å². The highest BCUT2D eigenvalue weighted by Gasteiger charge is 2.38. The van der Waals surface area contributed by atoms with Gasteiger partial charge in [-0.3, -0.25) is 4.90 Å². The van der Waals surface area contributed by atoms with Gasteiger partial charge in [-0.15, -0.1) is 0 Å². The second-order valence-corrected chi connectivity index (χ2v) is 13.9. The Balaban J connectivity index is 1.36. The van der Waals surface area contributed by atoms with Crippen LogP contribution in [0.1, 0.15) is 38.2 Å². The number of hydrogen-bond acceptors (Lipinski definition) is 15. The van der Waals surface area contributed by atoms with Crippen molar-refractivity contribution in [3.8, 4) is 40.5 Å². The molecule has 2 aliphatic heterocycles. The van der Waals surface area contributed by atoms with Crippen LogP contribution in [-0.4, -0.2) is 112 Å². The van der Waals surface area contributed by atoms with Crippen molar-refractivity contribution >= 4 is 33.7 Å². The molecule has 15 nitrogen and oxygen atoms in total. The first kappa shape index (κ1) is 39.6. The minimum Gasteiger partial charge on any atom is -0.493 e. The van der Waals surface area contributed by atoms with E-state index in [-0.39, 0.29) is 23.7 Å². The van der Waals surface area contributed by atoms with Crippen LogP contribution in [0.25, 0.3) is 21.8 Å². The smallest absolute Gasteiger partial charge is 0.248 e. The molecule has 16 heteroatoms. The summed E-state index contributed by atoms with van der Waals surface area (Å²) in [5, 5.41) is 9.20. The van der Waals surface area contributed by atoms with Crippen molar-refractivity contribution in [2.24, 2.45) is 0 Å². The monoisotopic (exact) mass is 786 g/mol. The normalized spacial score (nSPS) is 15.4. The maximum atomic E-state index is 14.4. The Hall–Kier alpha value is -5.61. The van der Waals surface area contributed by atoms with Gasteiger partial charge in [-0.25, -0.2) is 24.4 Å². The molecule has 304 valence electrons. The molecular formula is C41H51FN8O7. The summed E-state index contributed by atoms with van der Waals surface area (Å²) in [6, 6.07) is 12.3. The number of halogens is 1. The predicted molar refractivity (Wildman–Crippen MR) is 215 cm³/mol. The van der Waals surface area contributed by atoms with E-state index in [4.69, 9.17) is 53.1 Å². The first-order valence-corrected chi connectivity index (χ1v) is 19.2. The number of hydrazine groups is 1. The zero-order valence-corrected chi connectivity index (χ0v) is 33.6. The molecule has 2 saturated heterocycles. The lowest BCUT2D eigenvalue weighted by molar-refractivity contribution is 0.196. The third-order valence-electron chi connectivity index (χ3n) is 10.6. The molecular weight excluding hydrogens is 735 g/mol. The molecule has 0 aliphatic carbocycles. The van der Waals surface area contributed by atoms with Crippen LogP contribution in [0.4, 0.5) is 16.3 Å². The summed E-state index contributed by atoms with van der Waals surface area (Å²) < 4.78 is 54.5. The Kier molecular flexibility index (Phi) is 12.3. The second-order valence-electron chi connectivity index (χ2n) is 13.9. The molecule has 57 heavy (non-hydrogen) atoms. The summed E-state index contributed by atoms with van der Waals surface area (Å²) in [7, 11) is 9.58. The molecule has 7 rings (SSSR count). The highest BCUT2D eigenvalue weighted by atomic mass is 19.1. The second kappa shape index (κ2) is 17.7. The molecule has 0 radical (unpaired) electrons. The maximum absolute atomic E-state index is 14.4. The molecule has 2 fully saturated rings. The van der Waals surface area contributed by atoms with Crippen molar-refractivity contribution in [3.05, 3.63) is 53.8 Å². The number of piperidine rings is 2. The number of anilines is 2. The van der Waals surface area contributed by atoms with Crippen LogP contribution in [0, 0.1) is 5.82 Å². The number of nitrogens with one attached hydrogen (secondary N) is 1. The number of rotatable bonds is 15. The van der Waals surface area contributed by atoms with Crippen molar-refractivity contribution in [3.63, 3.8) is 0 Å². The first-order valence-electron chi connectivity index (χ1n) is 19.2. The third kappa shape index (κ3) is 8.14. The number of likely N-dealkylation sites (tertiary alicyclic amines) is 1. The number of fused-ring (bicyclic) bond motifs is 2. The fraction of sp³-hybridized carbons (Fsp3) is 0.463. The van der Waals surface area contributed by atoms with Gasteiger partial charge in [0.2, 0.25) is 23.7 Å². The van der Waals surface area contributed by atoms with Gasteiger partial charge in [0.05, 0.1) is 83.2 Å². The predicted octanol–water partition coefficient (Wildman–Crippen LogP) is 5.81. The Morgan fingerprint density at radius 1 is 0.632 bits per heavy atom. The van der Waals surface area contributed by atoms with E-state index >= 15 is 0 Å². The van der Waals surface area contributed by atoms with E-state index in [1.807, 2.05) is 37.3 Å². The van der Waals surface area contributed by atoms with Crippen molar-refractivity contribution in [2.75, 3.05) is 85.5 Å². The van der Waals surface area contributed by atoms with Gasteiger partial charge in [0.1, 0.15) is 0 Å². The average molecular weight is 787 g/mol.